The Bertz CT molecular complexity index is 1040. The van der Waals surface area contributed by atoms with Crippen LogP contribution >= 0.6 is 11.3 Å². The molecule has 0 aromatic carbocycles. The first-order valence-electron chi connectivity index (χ1n) is 12.0. The number of nitrogens with one attached hydrogen (secondary N) is 1. The Hall–Kier alpha value is -2.79. The standard InChI is InChI=1S/C23H30N6O4S/c1-2-16-5-7-23(8-6-16)21(31)29(22(32)25-23)15-19(30)28-11-9-27(10-12-28)14-18-24-20(26-33-18)17-4-3-13-34-17/h3-4,13,16H,2,5-12,14-15H2,1H3,(H,25,32). The summed E-state index contributed by atoms with van der Waals surface area (Å²) in [5.74, 6) is 1.31. The summed E-state index contributed by atoms with van der Waals surface area (Å²) in [6.07, 6.45) is 4.27. The predicted molar refractivity (Wildman–Crippen MR) is 125 cm³/mol. The molecule has 4 amide bonds. The summed E-state index contributed by atoms with van der Waals surface area (Å²) in [4.78, 5) is 49.0. The van der Waals surface area contributed by atoms with Gasteiger partial charge in [-0.1, -0.05) is 24.6 Å². The van der Waals surface area contributed by atoms with E-state index in [1.54, 1.807) is 16.2 Å². The van der Waals surface area contributed by atoms with Crippen LogP contribution in [-0.4, -0.2) is 80.9 Å². The second-order valence-corrected chi connectivity index (χ2v) is 10.3. The van der Waals surface area contributed by atoms with Crippen molar-refractivity contribution >= 4 is 29.2 Å². The lowest BCUT2D eigenvalue weighted by molar-refractivity contribution is -0.140. The van der Waals surface area contributed by atoms with Crippen LogP contribution in [0.25, 0.3) is 10.7 Å². The van der Waals surface area contributed by atoms with Gasteiger partial charge in [-0.05, 0) is 43.0 Å². The Morgan fingerprint density at radius 1 is 1.24 bits per heavy atom. The minimum absolute atomic E-state index is 0.194. The van der Waals surface area contributed by atoms with Crippen molar-refractivity contribution in [3.05, 3.63) is 23.4 Å². The summed E-state index contributed by atoms with van der Waals surface area (Å²) in [7, 11) is 0. The van der Waals surface area contributed by atoms with Crippen molar-refractivity contribution in [1.82, 2.24) is 30.2 Å². The van der Waals surface area contributed by atoms with Gasteiger partial charge in [-0.2, -0.15) is 4.98 Å². The quantitative estimate of drug-likeness (QED) is 0.624. The van der Waals surface area contributed by atoms with Crippen LogP contribution in [0.2, 0.25) is 0 Å². The molecule has 4 heterocycles. The summed E-state index contributed by atoms with van der Waals surface area (Å²) in [5.41, 5.74) is -0.812. The Morgan fingerprint density at radius 3 is 2.68 bits per heavy atom. The largest absolute Gasteiger partial charge is 0.339 e. The van der Waals surface area contributed by atoms with E-state index in [2.05, 4.69) is 27.3 Å². The molecule has 34 heavy (non-hydrogen) atoms. The molecule has 10 nitrogen and oxygen atoms in total. The first-order chi connectivity index (χ1) is 16.5. The van der Waals surface area contributed by atoms with Gasteiger partial charge in [0.25, 0.3) is 5.91 Å². The monoisotopic (exact) mass is 486 g/mol. The second kappa shape index (κ2) is 9.46. The van der Waals surface area contributed by atoms with Gasteiger partial charge in [-0.3, -0.25) is 19.4 Å². The molecule has 1 spiro atoms. The van der Waals surface area contributed by atoms with Crippen LogP contribution < -0.4 is 5.32 Å². The van der Waals surface area contributed by atoms with Crippen LogP contribution in [0.3, 0.4) is 0 Å². The first kappa shape index (κ1) is 23.0. The maximum absolute atomic E-state index is 13.1. The Morgan fingerprint density at radius 2 is 2.00 bits per heavy atom. The number of piperazine rings is 1. The van der Waals surface area contributed by atoms with Crippen molar-refractivity contribution in [2.75, 3.05) is 32.7 Å². The maximum atomic E-state index is 13.1. The molecule has 2 saturated heterocycles. The smallest absolute Gasteiger partial charge is 0.325 e. The number of rotatable bonds is 6. The minimum atomic E-state index is -0.812. The second-order valence-electron chi connectivity index (χ2n) is 9.40. The number of imide groups is 1. The van der Waals surface area contributed by atoms with E-state index in [-0.39, 0.29) is 18.4 Å². The third kappa shape index (κ3) is 4.46. The van der Waals surface area contributed by atoms with Gasteiger partial charge >= 0.3 is 6.03 Å². The molecule has 5 rings (SSSR count). The van der Waals surface area contributed by atoms with Crippen molar-refractivity contribution in [3.63, 3.8) is 0 Å². The number of amides is 4. The average Bonchev–Trinajstić information content (AvgIpc) is 3.58. The van der Waals surface area contributed by atoms with Crippen LogP contribution in [0.15, 0.2) is 22.0 Å². The van der Waals surface area contributed by atoms with Crippen molar-refractivity contribution in [1.29, 1.82) is 0 Å². The summed E-state index contributed by atoms with van der Waals surface area (Å²) in [5, 5.41) is 8.92. The third-order valence-corrected chi connectivity index (χ3v) is 8.23. The zero-order chi connectivity index (χ0) is 23.7. The molecule has 0 atom stereocenters. The lowest BCUT2D eigenvalue weighted by atomic mass is 9.75. The van der Waals surface area contributed by atoms with E-state index in [9.17, 15) is 14.4 Å². The van der Waals surface area contributed by atoms with Crippen molar-refractivity contribution < 1.29 is 18.9 Å². The molecule has 1 aliphatic carbocycles. The Balaban J connectivity index is 1.11. The van der Waals surface area contributed by atoms with Crippen LogP contribution in [0.4, 0.5) is 4.79 Å². The van der Waals surface area contributed by atoms with E-state index in [0.29, 0.717) is 63.2 Å². The Kier molecular flexibility index (Phi) is 6.39. The lowest BCUT2D eigenvalue weighted by Gasteiger charge is -2.35. The molecule has 2 aliphatic heterocycles. The van der Waals surface area contributed by atoms with Crippen LogP contribution in [-0.2, 0) is 16.1 Å². The minimum Gasteiger partial charge on any atom is -0.339 e. The summed E-state index contributed by atoms with van der Waals surface area (Å²) >= 11 is 1.56. The number of nitrogens with zero attached hydrogens (tertiary/aromatic N) is 5. The SMILES string of the molecule is CCC1CCC2(CC1)NC(=O)N(CC(=O)N1CCN(Cc3nc(-c4cccs4)no3)CC1)C2=O. The highest BCUT2D eigenvalue weighted by atomic mass is 32.1. The number of thiophene rings is 1. The van der Waals surface area contributed by atoms with E-state index in [1.807, 2.05) is 17.5 Å². The number of hydrogen-bond acceptors (Lipinski definition) is 8. The van der Waals surface area contributed by atoms with Gasteiger partial charge in [0.05, 0.1) is 11.4 Å². The Labute approximate surface area is 202 Å². The molecule has 3 fully saturated rings. The summed E-state index contributed by atoms with van der Waals surface area (Å²) in [6, 6.07) is 3.46. The van der Waals surface area contributed by atoms with Gasteiger partial charge in [0, 0.05) is 26.2 Å². The molecule has 182 valence electrons. The fraction of sp³-hybridized carbons (Fsp3) is 0.609. The van der Waals surface area contributed by atoms with Crippen LogP contribution in [0.5, 0.6) is 0 Å². The number of urea groups is 1. The highest BCUT2D eigenvalue weighted by molar-refractivity contribution is 7.13. The van der Waals surface area contributed by atoms with E-state index >= 15 is 0 Å². The van der Waals surface area contributed by atoms with Gasteiger partial charge < -0.3 is 14.7 Å². The average molecular weight is 487 g/mol. The first-order valence-corrected chi connectivity index (χ1v) is 12.9. The lowest BCUT2D eigenvalue weighted by Crippen LogP contribution is -2.52. The van der Waals surface area contributed by atoms with E-state index in [0.717, 1.165) is 29.0 Å². The summed E-state index contributed by atoms with van der Waals surface area (Å²) < 4.78 is 5.38. The van der Waals surface area contributed by atoms with E-state index < -0.39 is 11.6 Å². The molecule has 2 aromatic rings. The zero-order valence-corrected chi connectivity index (χ0v) is 20.2. The summed E-state index contributed by atoms with van der Waals surface area (Å²) in [6.45, 7) is 4.85. The van der Waals surface area contributed by atoms with Gasteiger partial charge in [0.15, 0.2) is 0 Å². The normalized spacial score (nSPS) is 25.9. The predicted octanol–water partition coefficient (Wildman–Crippen LogP) is 2.33. The third-order valence-electron chi connectivity index (χ3n) is 7.37. The molecule has 11 heteroatoms. The van der Waals surface area contributed by atoms with E-state index in [1.165, 1.54) is 0 Å². The van der Waals surface area contributed by atoms with Crippen molar-refractivity contribution in [3.8, 4) is 10.7 Å². The number of hydrogen-bond donors (Lipinski definition) is 1. The molecular formula is C23H30N6O4S. The van der Waals surface area contributed by atoms with Gasteiger partial charge in [0.1, 0.15) is 12.1 Å². The molecule has 1 N–H and O–H groups in total. The van der Waals surface area contributed by atoms with Crippen LogP contribution in [0, 0.1) is 5.92 Å². The highest BCUT2D eigenvalue weighted by Crippen LogP contribution is 2.37. The molecular weight excluding hydrogens is 456 g/mol. The molecule has 0 bridgehead atoms. The number of aromatic nitrogens is 2. The van der Waals surface area contributed by atoms with E-state index in [4.69, 9.17) is 4.52 Å². The number of carbonyl (C=O) groups is 3. The maximum Gasteiger partial charge on any atom is 0.325 e. The molecule has 2 aromatic heterocycles. The van der Waals surface area contributed by atoms with Gasteiger partial charge in [-0.25, -0.2) is 4.79 Å². The van der Waals surface area contributed by atoms with Crippen LogP contribution in [0.1, 0.15) is 44.9 Å². The van der Waals surface area contributed by atoms with Gasteiger partial charge in [-0.15, -0.1) is 11.3 Å². The molecule has 3 aliphatic rings. The number of carbonyl (C=O) groups excluding carboxylic acids is 3. The van der Waals surface area contributed by atoms with Crippen molar-refractivity contribution in [2.24, 2.45) is 5.92 Å². The topological polar surface area (TPSA) is 112 Å². The molecule has 1 saturated carbocycles. The van der Waals surface area contributed by atoms with Gasteiger partial charge in [0.2, 0.25) is 17.6 Å². The fourth-order valence-electron chi connectivity index (χ4n) is 5.14. The highest BCUT2D eigenvalue weighted by Gasteiger charge is 2.52. The fourth-order valence-corrected chi connectivity index (χ4v) is 5.79. The molecule has 0 radical (unpaired) electrons. The molecule has 0 unspecified atom stereocenters. The van der Waals surface area contributed by atoms with Crippen molar-refractivity contribution in [2.45, 2.75) is 51.1 Å². The zero-order valence-electron chi connectivity index (χ0n) is 19.4.